The molecule has 3 rings (SSSR count). The van der Waals surface area contributed by atoms with Crippen molar-refractivity contribution in [2.75, 3.05) is 11.9 Å². The van der Waals surface area contributed by atoms with Crippen LogP contribution in [0.4, 0.5) is 5.69 Å². The molecule has 1 aliphatic rings. The number of nitriles is 1. The third-order valence-corrected chi connectivity index (χ3v) is 4.17. The average molecular weight is 262 g/mol. The molecule has 100 valence electrons. The molecule has 2 aromatic carbocycles. The average Bonchev–Trinajstić information content (AvgIpc) is 2.48. The Hall–Kier alpha value is -2.27. The quantitative estimate of drug-likeness (QED) is 0.883. The maximum Gasteiger partial charge on any atom is 0.0746 e. The van der Waals surface area contributed by atoms with Crippen LogP contribution in [0.5, 0.6) is 0 Å². The van der Waals surface area contributed by atoms with Gasteiger partial charge in [-0.15, -0.1) is 0 Å². The smallest absolute Gasteiger partial charge is 0.0746 e. The van der Waals surface area contributed by atoms with Crippen LogP contribution >= 0.6 is 0 Å². The Bertz CT molecular complexity index is 604. The van der Waals surface area contributed by atoms with Crippen LogP contribution < -0.4 is 5.32 Å². The maximum absolute atomic E-state index is 9.22. The van der Waals surface area contributed by atoms with E-state index in [9.17, 15) is 5.26 Å². The molecule has 1 saturated carbocycles. The molecule has 0 radical (unpaired) electrons. The molecule has 0 heterocycles. The highest BCUT2D eigenvalue weighted by molar-refractivity contribution is 5.65. The first-order chi connectivity index (χ1) is 9.81. The van der Waals surface area contributed by atoms with Gasteiger partial charge < -0.3 is 5.32 Å². The summed E-state index contributed by atoms with van der Waals surface area (Å²) >= 11 is 0. The van der Waals surface area contributed by atoms with Crippen LogP contribution in [0.3, 0.4) is 0 Å². The maximum atomic E-state index is 9.22. The summed E-state index contributed by atoms with van der Waals surface area (Å²) in [7, 11) is 0. The van der Waals surface area contributed by atoms with Crippen LogP contribution in [-0.2, 0) is 0 Å². The van der Waals surface area contributed by atoms with Crippen LogP contribution in [0.2, 0.25) is 0 Å². The molecule has 0 aliphatic heterocycles. The molecule has 1 N–H and O–H groups in total. The summed E-state index contributed by atoms with van der Waals surface area (Å²) < 4.78 is 0. The number of benzene rings is 2. The Morgan fingerprint density at radius 2 is 1.60 bits per heavy atom. The van der Waals surface area contributed by atoms with Crippen molar-refractivity contribution in [3.8, 4) is 17.2 Å². The van der Waals surface area contributed by atoms with Crippen LogP contribution in [-0.4, -0.2) is 6.54 Å². The van der Waals surface area contributed by atoms with E-state index in [2.05, 4.69) is 59.9 Å². The zero-order valence-electron chi connectivity index (χ0n) is 11.5. The van der Waals surface area contributed by atoms with Crippen molar-refractivity contribution < 1.29 is 0 Å². The van der Waals surface area contributed by atoms with Crippen molar-refractivity contribution >= 4 is 5.69 Å². The fourth-order valence-corrected chi connectivity index (χ4v) is 2.61. The molecule has 20 heavy (non-hydrogen) atoms. The van der Waals surface area contributed by atoms with Crippen LogP contribution in [0, 0.1) is 16.7 Å². The first kappa shape index (κ1) is 12.7. The summed E-state index contributed by atoms with van der Waals surface area (Å²) in [4.78, 5) is 0. The van der Waals surface area contributed by atoms with Gasteiger partial charge in [0.1, 0.15) is 0 Å². The summed E-state index contributed by atoms with van der Waals surface area (Å²) in [5, 5.41) is 12.6. The number of nitrogens with zero attached hydrogens (tertiary/aromatic N) is 1. The minimum absolute atomic E-state index is 0.127. The zero-order valence-corrected chi connectivity index (χ0v) is 11.5. The second-order valence-corrected chi connectivity index (χ2v) is 5.54. The number of nitrogens with one attached hydrogen (secondary N) is 1. The van der Waals surface area contributed by atoms with Gasteiger partial charge in [0, 0.05) is 12.2 Å². The molecule has 2 aromatic rings. The second kappa shape index (κ2) is 5.38. The van der Waals surface area contributed by atoms with Gasteiger partial charge in [0.25, 0.3) is 0 Å². The lowest BCUT2D eigenvalue weighted by atomic mass is 9.70. The fraction of sp³-hybridized carbons (Fsp3) is 0.278. The predicted octanol–water partition coefficient (Wildman–Crippen LogP) is 4.46. The Balaban J connectivity index is 1.66. The summed E-state index contributed by atoms with van der Waals surface area (Å²) in [6.45, 7) is 0.758. The molecule has 0 atom stereocenters. The highest BCUT2D eigenvalue weighted by Gasteiger charge is 2.36. The fourth-order valence-electron chi connectivity index (χ4n) is 2.61. The molecule has 0 aromatic heterocycles. The van der Waals surface area contributed by atoms with Gasteiger partial charge in [0.05, 0.1) is 11.5 Å². The van der Waals surface area contributed by atoms with Crippen molar-refractivity contribution in [2.24, 2.45) is 5.41 Å². The van der Waals surface area contributed by atoms with E-state index in [0.29, 0.717) is 0 Å². The normalized spacial score (nSPS) is 15.9. The van der Waals surface area contributed by atoms with Crippen molar-refractivity contribution in [1.82, 2.24) is 0 Å². The van der Waals surface area contributed by atoms with Crippen molar-refractivity contribution in [3.05, 3.63) is 54.6 Å². The lowest BCUT2D eigenvalue weighted by molar-refractivity contribution is 0.233. The van der Waals surface area contributed by atoms with Crippen LogP contribution in [0.25, 0.3) is 11.1 Å². The van der Waals surface area contributed by atoms with E-state index in [4.69, 9.17) is 0 Å². The topological polar surface area (TPSA) is 35.8 Å². The van der Waals surface area contributed by atoms with Gasteiger partial charge in [-0.25, -0.2) is 0 Å². The standard InChI is InChI=1S/C18H18N2/c19-13-18(11-4-12-18)14-20-17-9-7-16(8-10-17)15-5-2-1-3-6-15/h1-3,5-10,20H,4,11-12,14H2. The Morgan fingerprint density at radius 3 is 2.15 bits per heavy atom. The zero-order chi connectivity index (χ0) is 13.8. The van der Waals surface area contributed by atoms with Crippen molar-refractivity contribution in [2.45, 2.75) is 19.3 Å². The minimum Gasteiger partial charge on any atom is -0.383 e. The number of anilines is 1. The summed E-state index contributed by atoms with van der Waals surface area (Å²) in [5.74, 6) is 0. The first-order valence-electron chi connectivity index (χ1n) is 7.12. The summed E-state index contributed by atoms with van der Waals surface area (Å²) in [5.41, 5.74) is 3.41. The number of hydrogen-bond donors (Lipinski definition) is 1. The molecule has 0 spiro atoms. The lowest BCUT2D eigenvalue weighted by Crippen LogP contribution is -2.34. The Labute approximate surface area is 120 Å². The van der Waals surface area contributed by atoms with Gasteiger partial charge in [-0.3, -0.25) is 0 Å². The minimum atomic E-state index is -0.127. The largest absolute Gasteiger partial charge is 0.383 e. The third-order valence-electron chi connectivity index (χ3n) is 4.17. The molecule has 0 saturated heterocycles. The van der Waals surface area contributed by atoms with Gasteiger partial charge >= 0.3 is 0 Å². The predicted molar refractivity (Wildman–Crippen MR) is 82.3 cm³/mol. The van der Waals surface area contributed by atoms with Gasteiger partial charge in [-0.05, 0) is 36.1 Å². The molecule has 0 bridgehead atoms. The highest BCUT2D eigenvalue weighted by Crippen LogP contribution is 2.40. The highest BCUT2D eigenvalue weighted by atomic mass is 14.9. The Morgan fingerprint density at radius 1 is 0.950 bits per heavy atom. The molecule has 1 fully saturated rings. The number of hydrogen-bond acceptors (Lipinski definition) is 2. The molecule has 2 heteroatoms. The third kappa shape index (κ3) is 2.53. The molecule has 0 unspecified atom stereocenters. The SMILES string of the molecule is N#CC1(CNc2ccc(-c3ccccc3)cc2)CCC1. The lowest BCUT2D eigenvalue weighted by Gasteiger charge is -2.35. The Kier molecular flexibility index (Phi) is 3.43. The van der Waals surface area contributed by atoms with E-state index in [1.165, 1.54) is 17.5 Å². The molecular formula is C18H18N2. The van der Waals surface area contributed by atoms with Crippen molar-refractivity contribution in [3.63, 3.8) is 0 Å². The monoisotopic (exact) mass is 262 g/mol. The first-order valence-corrected chi connectivity index (χ1v) is 7.12. The van der Waals surface area contributed by atoms with Crippen molar-refractivity contribution in [1.29, 1.82) is 5.26 Å². The molecular weight excluding hydrogens is 244 g/mol. The van der Waals surface area contributed by atoms with Gasteiger partial charge in [-0.1, -0.05) is 48.9 Å². The molecule has 1 aliphatic carbocycles. The van der Waals surface area contributed by atoms with Gasteiger partial charge in [0.15, 0.2) is 0 Å². The van der Waals surface area contributed by atoms with E-state index < -0.39 is 0 Å². The van der Waals surface area contributed by atoms with Gasteiger partial charge in [-0.2, -0.15) is 5.26 Å². The van der Waals surface area contributed by atoms with Crippen LogP contribution in [0.15, 0.2) is 54.6 Å². The molecule has 0 amide bonds. The number of rotatable bonds is 4. The molecule has 2 nitrogen and oxygen atoms in total. The second-order valence-electron chi connectivity index (χ2n) is 5.54. The van der Waals surface area contributed by atoms with Crippen LogP contribution in [0.1, 0.15) is 19.3 Å². The van der Waals surface area contributed by atoms with E-state index in [1.54, 1.807) is 0 Å². The van der Waals surface area contributed by atoms with Gasteiger partial charge in [0.2, 0.25) is 0 Å². The summed E-state index contributed by atoms with van der Waals surface area (Å²) in [6, 6.07) is 21.2. The van der Waals surface area contributed by atoms with E-state index in [-0.39, 0.29) is 5.41 Å². The van der Waals surface area contributed by atoms with E-state index in [1.807, 2.05) is 6.07 Å². The van der Waals surface area contributed by atoms with E-state index in [0.717, 1.165) is 25.1 Å². The van der Waals surface area contributed by atoms with E-state index >= 15 is 0 Å². The summed E-state index contributed by atoms with van der Waals surface area (Å²) in [6.07, 6.45) is 3.24.